The van der Waals surface area contributed by atoms with E-state index >= 15 is 0 Å². The first kappa shape index (κ1) is 37.9. The molecule has 0 radical (unpaired) electrons. The average Bonchev–Trinajstić information content (AvgIpc) is 3.34. The van der Waals surface area contributed by atoms with E-state index < -0.39 is 0 Å². The van der Waals surface area contributed by atoms with E-state index in [1.807, 2.05) is 13.8 Å². The summed E-state index contributed by atoms with van der Waals surface area (Å²) < 4.78 is 0. The van der Waals surface area contributed by atoms with Gasteiger partial charge in [-0.3, -0.25) is 9.79 Å². The van der Waals surface area contributed by atoms with Gasteiger partial charge in [0.15, 0.2) is 0 Å². The molecule has 0 aromatic heterocycles. The van der Waals surface area contributed by atoms with Gasteiger partial charge in [0.05, 0.1) is 6.54 Å². The minimum absolute atomic E-state index is 0.117. The van der Waals surface area contributed by atoms with Gasteiger partial charge in [-0.25, -0.2) is 0 Å². The van der Waals surface area contributed by atoms with Gasteiger partial charge in [0.2, 0.25) is 0 Å². The summed E-state index contributed by atoms with van der Waals surface area (Å²) in [5, 5.41) is 0. The zero-order valence-electron chi connectivity index (χ0n) is 30.4. The summed E-state index contributed by atoms with van der Waals surface area (Å²) >= 11 is 0. The summed E-state index contributed by atoms with van der Waals surface area (Å²) in [7, 11) is 0. The number of ketones is 1. The molecule has 0 saturated heterocycles. The summed E-state index contributed by atoms with van der Waals surface area (Å²) in [6, 6.07) is 15.3. The molecule has 0 fully saturated rings. The van der Waals surface area contributed by atoms with Crippen molar-refractivity contribution in [2.24, 2.45) is 16.3 Å². The Morgan fingerprint density at radius 3 is 2.11 bits per heavy atom. The van der Waals surface area contributed by atoms with Crippen LogP contribution in [0.2, 0.25) is 0 Å². The van der Waals surface area contributed by atoms with Gasteiger partial charge in [0.25, 0.3) is 0 Å². The third-order valence-electron chi connectivity index (χ3n) is 9.40. The van der Waals surface area contributed by atoms with E-state index in [2.05, 4.69) is 128 Å². The molecule has 2 nitrogen and oxygen atoms in total. The van der Waals surface area contributed by atoms with E-state index in [1.165, 1.54) is 63.1 Å². The minimum Gasteiger partial charge on any atom is -0.300 e. The van der Waals surface area contributed by atoms with Gasteiger partial charge in [-0.15, -0.1) is 0 Å². The van der Waals surface area contributed by atoms with Crippen molar-refractivity contribution in [2.45, 2.75) is 121 Å². The molecule has 2 aromatic rings. The van der Waals surface area contributed by atoms with Crippen molar-refractivity contribution in [1.29, 1.82) is 0 Å². The SMILES string of the molecule is C=C(C)C(C)(C)CC(CCc1ccc(CC(C)=O)cc1)C1=C(C)CN=C1C.CC.Cc1ccc(C(C)C2=CCCC=C2)c(C)c1. The van der Waals surface area contributed by atoms with Gasteiger partial charge in [0, 0.05) is 18.1 Å². The first-order valence-corrected chi connectivity index (χ1v) is 17.2. The van der Waals surface area contributed by atoms with E-state index in [9.17, 15) is 4.79 Å². The summed E-state index contributed by atoms with van der Waals surface area (Å²) in [4.78, 5) is 16.0. The highest BCUT2D eigenvalue weighted by Crippen LogP contribution is 2.39. The predicted octanol–water partition coefficient (Wildman–Crippen LogP) is 11.9. The minimum atomic E-state index is 0.117. The van der Waals surface area contributed by atoms with Crippen molar-refractivity contribution < 1.29 is 4.79 Å². The number of Topliss-reactive ketones (excluding diaryl/α,β-unsaturated/α-hetero) is 1. The lowest BCUT2D eigenvalue weighted by molar-refractivity contribution is -0.116. The third-order valence-corrected chi connectivity index (χ3v) is 9.40. The monoisotopic (exact) mass is 607 g/mol. The molecule has 2 aliphatic rings. The molecule has 45 heavy (non-hydrogen) atoms. The number of nitrogens with zero attached hydrogens (tertiary/aromatic N) is 1. The highest BCUT2D eigenvalue weighted by Gasteiger charge is 2.29. The number of hydrogen-bond acceptors (Lipinski definition) is 2. The summed E-state index contributed by atoms with van der Waals surface area (Å²) in [5.41, 5.74) is 13.6. The largest absolute Gasteiger partial charge is 0.300 e. The van der Waals surface area contributed by atoms with E-state index in [4.69, 9.17) is 0 Å². The van der Waals surface area contributed by atoms with Gasteiger partial charge in [0.1, 0.15) is 5.78 Å². The molecule has 0 spiro atoms. The second-order valence-electron chi connectivity index (χ2n) is 13.7. The zero-order valence-corrected chi connectivity index (χ0v) is 30.4. The number of allylic oxidation sites excluding steroid dienone is 6. The number of benzene rings is 2. The Balaban J connectivity index is 0.000000332. The van der Waals surface area contributed by atoms with Crippen LogP contribution in [0.5, 0.6) is 0 Å². The van der Waals surface area contributed by atoms with Crippen LogP contribution in [-0.2, 0) is 17.6 Å². The average molecular weight is 608 g/mol. The fraction of sp³-hybridized carbons (Fsp3) is 0.488. The molecule has 4 rings (SSSR count). The summed E-state index contributed by atoms with van der Waals surface area (Å²) in [6.45, 7) is 28.5. The van der Waals surface area contributed by atoms with Crippen LogP contribution >= 0.6 is 0 Å². The van der Waals surface area contributed by atoms with Crippen molar-refractivity contribution in [3.8, 4) is 0 Å². The van der Waals surface area contributed by atoms with Crippen molar-refractivity contribution in [2.75, 3.05) is 6.54 Å². The Bertz CT molecular complexity index is 1410. The molecule has 2 unspecified atom stereocenters. The van der Waals surface area contributed by atoms with E-state index in [0.29, 0.717) is 18.3 Å². The van der Waals surface area contributed by atoms with Crippen LogP contribution in [0.25, 0.3) is 0 Å². The Kier molecular flexibility index (Phi) is 15.2. The second-order valence-corrected chi connectivity index (χ2v) is 13.7. The van der Waals surface area contributed by atoms with Gasteiger partial charge < -0.3 is 0 Å². The molecule has 2 heteroatoms. The molecule has 0 bridgehead atoms. The lowest BCUT2D eigenvalue weighted by Crippen LogP contribution is -2.22. The number of aryl methyl sites for hydroxylation is 3. The molecule has 244 valence electrons. The van der Waals surface area contributed by atoms with Gasteiger partial charge in [-0.2, -0.15) is 0 Å². The van der Waals surface area contributed by atoms with Crippen molar-refractivity contribution in [3.63, 3.8) is 0 Å². The molecule has 2 atom stereocenters. The van der Waals surface area contributed by atoms with Crippen LogP contribution in [0.4, 0.5) is 0 Å². The molecule has 0 saturated carbocycles. The van der Waals surface area contributed by atoms with Crippen LogP contribution in [-0.4, -0.2) is 18.0 Å². The topological polar surface area (TPSA) is 29.4 Å². The Labute approximate surface area is 276 Å². The van der Waals surface area contributed by atoms with E-state index in [0.717, 1.165) is 31.4 Å². The number of carbonyl (C=O) groups excluding carboxylic acids is 1. The molecular weight excluding hydrogens is 546 g/mol. The van der Waals surface area contributed by atoms with Crippen LogP contribution in [0, 0.1) is 25.2 Å². The van der Waals surface area contributed by atoms with Gasteiger partial charge in [-0.1, -0.05) is 113 Å². The van der Waals surface area contributed by atoms with E-state index in [1.54, 1.807) is 6.92 Å². The number of aliphatic imine (C=N–C) groups is 1. The summed E-state index contributed by atoms with van der Waals surface area (Å²) in [6.07, 6.45) is 13.1. The predicted molar refractivity (Wildman–Crippen MR) is 199 cm³/mol. The van der Waals surface area contributed by atoms with Crippen molar-refractivity contribution in [3.05, 3.63) is 117 Å². The smallest absolute Gasteiger partial charge is 0.134 e. The normalized spacial score (nSPS) is 15.6. The zero-order chi connectivity index (χ0) is 33.7. The molecule has 1 aliphatic carbocycles. The van der Waals surface area contributed by atoms with Gasteiger partial charge >= 0.3 is 0 Å². The Hall–Kier alpha value is -3.26. The first-order chi connectivity index (χ1) is 21.3. The van der Waals surface area contributed by atoms with Crippen LogP contribution < -0.4 is 0 Å². The highest BCUT2D eigenvalue weighted by atomic mass is 16.1. The van der Waals surface area contributed by atoms with Crippen LogP contribution in [0.15, 0.2) is 94.6 Å². The second kappa shape index (κ2) is 18.0. The van der Waals surface area contributed by atoms with Crippen LogP contribution in [0.3, 0.4) is 0 Å². The Morgan fingerprint density at radius 1 is 0.956 bits per heavy atom. The molecular formula is C43H61NO. The molecule has 1 heterocycles. The fourth-order valence-corrected chi connectivity index (χ4v) is 6.40. The van der Waals surface area contributed by atoms with Crippen molar-refractivity contribution in [1.82, 2.24) is 0 Å². The van der Waals surface area contributed by atoms with Crippen molar-refractivity contribution >= 4 is 11.5 Å². The number of rotatable bonds is 11. The van der Waals surface area contributed by atoms with Crippen LogP contribution in [0.1, 0.15) is 122 Å². The maximum Gasteiger partial charge on any atom is 0.134 e. The molecule has 1 aliphatic heterocycles. The lowest BCUT2D eigenvalue weighted by atomic mass is 9.73. The molecule has 0 amide bonds. The third kappa shape index (κ3) is 11.6. The maximum absolute atomic E-state index is 11.3. The summed E-state index contributed by atoms with van der Waals surface area (Å²) in [5.74, 6) is 1.24. The molecule has 2 aromatic carbocycles. The standard InChI is InChI=1S/C25H35NO.C16H20.C2H6/c1-17(2)25(6,7)15-23(24-18(3)16-26-20(24)5)13-12-21-8-10-22(11-9-21)14-19(4)27;1-12-9-10-16(13(2)11-12)14(3)15-7-5-4-6-8-15;1-2/h8-11,23H,1,12-16H2,2-7H3;5,7-11,14H,4,6H2,1-3H3;1-2H3. The molecule has 0 N–H and O–H groups in total. The number of carbonyl (C=O) groups is 1. The Morgan fingerprint density at radius 2 is 1.60 bits per heavy atom. The fourth-order valence-electron chi connectivity index (χ4n) is 6.40. The lowest BCUT2D eigenvalue weighted by Gasteiger charge is -2.32. The first-order valence-electron chi connectivity index (χ1n) is 17.2. The highest BCUT2D eigenvalue weighted by molar-refractivity contribution is 6.01. The maximum atomic E-state index is 11.3. The number of hydrogen-bond donors (Lipinski definition) is 0. The van der Waals surface area contributed by atoms with Gasteiger partial charge in [-0.05, 0) is 124 Å². The van der Waals surface area contributed by atoms with E-state index in [-0.39, 0.29) is 11.2 Å². The quantitative estimate of drug-likeness (QED) is 0.234.